The SMILES string of the molecule is CCCCCCCCn1c2ccc(C)cc2c(=O)c2cc3[nH]c4ccc(C)cc4c(=O)c3cc21. The lowest BCUT2D eigenvalue weighted by Crippen LogP contribution is -2.13. The van der Waals surface area contributed by atoms with Crippen molar-refractivity contribution < 1.29 is 0 Å². The third-order valence-corrected chi connectivity index (χ3v) is 7.03. The summed E-state index contributed by atoms with van der Waals surface area (Å²) in [6, 6.07) is 15.8. The highest BCUT2D eigenvalue weighted by molar-refractivity contribution is 6.03. The van der Waals surface area contributed by atoms with Crippen molar-refractivity contribution in [2.75, 3.05) is 0 Å². The molecule has 0 aliphatic rings. The number of aromatic amines is 1. The van der Waals surface area contributed by atoms with Crippen molar-refractivity contribution >= 4 is 43.6 Å². The van der Waals surface area contributed by atoms with E-state index >= 15 is 0 Å². The number of unbranched alkanes of at least 4 members (excludes halogenated alkanes) is 5. The summed E-state index contributed by atoms with van der Waals surface area (Å²) in [5.74, 6) is 0. The van der Waals surface area contributed by atoms with Crippen LogP contribution in [0.5, 0.6) is 0 Å². The Bertz CT molecular complexity index is 1660. The average molecular weight is 453 g/mol. The monoisotopic (exact) mass is 452 g/mol. The van der Waals surface area contributed by atoms with Gasteiger partial charge in [0, 0.05) is 33.6 Å². The predicted molar refractivity (Wildman–Crippen MR) is 144 cm³/mol. The summed E-state index contributed by atoms with van der Waals surface area (Å²) in [5, 5.41) is 2.73. The molecule has 0 amide bonds. The number of fused-ring (bicyclic) bond motifs is 4. The molecule has 2 heterocycles. The first-order valence-electron chi connectivity index (χ1n) is 12.5. The van der Waals surface area contributed by atoms with Crippen molar-refractivity contribution in [3.05, 3.63) is 80.1 Å². The van der Waals surface area contributed by atoms with E-state index in [-0.39, 0.29) is 10.9 Å². The number of pyridine rings is 2. The molecule has 0 saturated carbocycles. The summed E-state index contributed by atoms with van der Waals surface area (Å²) in [4.78, 5) is 30.4. The molecule has 0 bridgehead atoms. The lowest BCUT2D eigenvalue weighted by molar-refractivity contribution is 0.570. The van der Waals surface area contributed by atoms with Gasteiger partial charge in [-0.1, -0.05) is 62.3 Å². The van der Waals surface area contributed by atoms with E-state index < -0.39 is 0 Å². The second kappa shape index (κ2) is 9.09. The quantitative estimate of drug-likeness (QED) is 0.211. The van der Waals surface area contributed by atoms with Gasteiger partial charge in [0.05, 0.1) is 16.6 Å². The highest BCUT2D eigenvalue weighted by atomic mass is 16.1. The maximum absolute atomic E-state index is 13.6. The van der Waals surface area contributed by atoms with Crippen LogP contribution in [0.25, 0.3) is 43.6 Å². The molecule has 0 unspecified atom stereocenters. The molecule has 4 heteroatoms. The molecule has 2 aromatic heterocycles. The van der Waals surface area contributed by atoms with Crippen molar-refractivity contribution in [1.29, 1.82) is 0 Å². The molecule has 1 N–H and O–H groups in total. The number of aryl methyl sites for hydroxylation is 3. The Labute approximate surface area is 199 Å². The van der Waals surface area contributed by atoms with Crippen molar-refractivity contribution in [1.82, 2.24) is 9.55 Å². The van der Waals surface area contributed by atoms with E-state index in [0.717, 1.165) is 46.0 Å². The molecule has 174 valence electrons. The Morgan fingerprint density at radius 2 is 1.26 bits per heavy atom. The van der Waals surface area contributed by atoms with E-state index in [1.54, 1.807) is 0 Å². The summed E-state index contributed by atoms with van der Waals surface area (Å²) >= 11 is 0. The zero-order valence-corrected chi connectivity index (χ0v) is 20.3. The molecule has 0 spiro atoms. The maximum Gasteiger partial charge on any atom is 0.197 e. The third kappa shape index (κ3) is 3.91. The standard InChI is InChI=1S/C30H32N2O2/c1-4-5-6-7-8-9-14-32-27-13-11-20(3)16-23(27)30(34)24-17-26-22(18-28(24)32)29(33)21-15-19(2)10-12-25(21)31-26/h10-13,15-18H,4-9,14H2,1-3H3,(H,31,33). The highest BCUT2D eigenvalue weighted by Crippen LogP contribution is 2.26. The van der Waals surface area contributed by atoms with Crippen molar-refractivity contribution in [2.24, 2.45) is 0 Å². The maximum atomic E-state index is 13.6. The van der Waals surface area contributed by atoms with Gasteiger partial charge in [0.2, 0.25) is 0 Å². The second-order valence-electron chi connectivity index (χ2n) is 9.69. The zero-order valence-electron chi connectivity index (χ0n) is 20.3. The number of H-pyrrole nitrogens is 1. The van der Waals surface area contributed by atoms with Crippen LogP contribution < -0.4 is 10.9 Å². The molecule has 0 aliphatic heterocycles. The van der Waals surface area contributed by atoms with Crippen LogP contribution >= 0.6 is 0 Å². The number of nitrogens with one attached hydrogen (secondary N) is 1. The first-order valence-corrected chi connectivity index (χ1v) is 12.5. The highest BCUT2D eigenvalue weighted by Gasteiger charge is 2.15. The van der Waals surface area contributed by atoms with Crippen LogP contribution in [0.3, 0.4) is 0 Å². The topological polar surface area (TPSA) is 54.9 Å². The number of benzene rings is 3. The van der Waals surface area contributed by atoms with Crippen LogP contribution in [-0.4, -0.2) is 9.55 Å². The summed E-state index contributed by atoms with van der Waals surface area (Å²) in [7, 11) is 0. The van der Waals surface area contributed by atoms with E-state index in [2.05, 4.69) is 28.6 Å². The number of nitrogens with zero attached hydrogens (tertiary/aromatic N) is 1. The molecule has 0 radical (unpaired) electrons. The van der Waals surface area contributed by atoms with Gasteiger partial charge in [-0.05, 0) is 56.7 Å². The van der Waals surface area contributed by atoms with Gasteiger partial charge in [-0.3, -0.25) is 9.59 Å². The summed E-state index contributed by atoms with van der Waals surface area (Å²) in [6.45, 7) is 7.08. The number of hydrogen-bond acceptors (Lipinski definition) is 2. The van der Waals surface area contributed by atoms with Crippen LogP contribution in [0.15, 0.2) is 58.1 Å². The Kier molecular flexibility index (Phi) is 5.99. The van der Waals surface area contributed by atoms with Gasteiger partial charge in [0.15, 0.2) is 10.9 Å². The largest absolute Gasteiger partial charge is 0.354 e. The zero-order chi connectivity index (χ0) is 23.8. The van der Waals surface area contributed by atoms with Gasteiger partial charge in [-0.2, -0.15) is 0 Å². The normalized spacial score (nSPS) is 11.9. The fraction of sp³-hybridized carbons (Fsp3) is 0.333. The molecule has 4 nitrogen and oxygen atoms in total. The van der Waals surface area contributed by atoms with Crippen LogP contribution in [0.1, 0.15) is 56.6 Å². The lowest BCUT2D eigenvalue weighted by atomic mass is 10.0. The minimum atomic E-state index is 0.0110. The van der Waals surface area contributed by atoms with Gasteiger partial charge in [0.1, 0.15) is 0 Å². The molecular weight excluding hydrogens is 420 g/mol. The molecule has 0 saturated heterocycles. The van der Waals surface area contributed by atoms with Crippen molar-refractivity contribution in [3.63, 3.8) is 0 Å². The van der Waals surface area contributed by atoms with E-state index in [1.165, 1.54) is 32.1 Å². The molecule has 0 fully saturated rings. The van der Waals surface area contributed by atoms with Crippen LogP contribution in [0.2, 0.25) is 0 Å². The van der Waals surface area contributed by atoms with Gasteiger partial charge in [-0.25, -0.2) is 0 Å². The predicted octanol–water partition coefficient (Wildman–Crippen LogP) is 7.13. The molecule has 5 rings (SSSR count). The average Bonchev–Trinajstić information content (AvgIpc) is 2.83. The fourth-order valence-corrected chi connectivity index (χ4v) is 5.16. The fourth-order valence-electron chi connectivity index (χ4n) is 5.16. The van der Waals surface area contributed by atoms with E-state index in [1.807, 2.05) is 50.2 Å². The summed E-state index contributed by atoms with van der Waals surface area (Å²) in [6.07, 6.45) is 7.25. The first kappa shape index (κ1) is 22.4. The van der Waals surface area contributed by atoms with Gasteiger partial charge >= 0.3 is 0 Å². The van der Waals surface area contributed by atoms with Crippen LogP contribution in [0.4, 0.5) is 0 Å². The van der Waals surface area contributed by atoms with Gasteiger partial charge < -0.3 is 9.55 Å². The minimum Gasteiger partial charge on any atom is -0.354 e. The van der Waals surface area contributed by atoms with Crippen molar-refractivity contribution in [3.8, 4) is 0 Å². The van der Waals surface area contributed by atoms with Crippen LogP contribution in [0, 0.1) is 13.8 Å². The lowest BCUT2D eigenvalue weighted by Gasteiger charge is -2.16. The summed E-state index contributed by atoms with van der Waals surface area (Å²) in [5.41, 5.74) is 5.47. The van der Waals surface area contributed by atoms with Gasteiger partial charge in [-0.15, -0.1) is 0 Å². The number of rotatable bonds is 7. The number of aromatic nitrogens is 2. The molecule has 0 atom stereocenters. The van der Waals surface area contributed by atoms with E-state index in [0.29, 0.717) is 21.7 Å². The molecular formula is C30H32N2O2. The summed E-state index contributed by atoms with van der Waals surface area (Å²) < 4.78 is 2.25. The third-order valence-electron chi connectivity index (χ3n) is 7.03. The molecule has 34 heavy (non-hydrogen) atoms. The smallest absolute Gasteiger partial charge is 0.197 e. The van der Waals surface area contributed by atoms with Crippen LogP contribution in [-0.2, 0) is 6.54 Å². The van der Waals surface area contributed by atoms with Gasteiger partial charge in [0.25, 0.3) is 0 Å². The Balaban J connectivity index is 1.75. The molecule has 0 aliphatic carbocycles. The van der Waals surface area contributed by atoms with Crippen molar-refractivity contribution in [2.45, 2.75) is 65.8 Å². The Hall–Kier alpha value is -3.40. The first-order chi connectivity index (χ1) is 16.5. The Morgan fingerprint density at radius 3 is 2.06 bits per heavy atom. The second-order valence-corrected chi connectivity index (χ2v) is 9.69. The minimum absolute atomic E-state index is 0.0110. The molecule has 3 aromatic carbocycles. The Morgan fingerprint density at radius 1 is 0.647 bits per heavy atom. The van der Waals surface area contributed by atoms with E-state index in [4.69, 9.17) is 0 Å². The molecule has 5 aromatic rings. The number of hydrogen-bond donors (Lipinski definition) is 1. The van der Waals surface area contributed by atoms with E-state index in [9.17, 15) is 9.59 Å².